The fourth-order valence-corrected chi connectivity index (χ4v) is 2.63. The van der Waals surface area contributed by atoms with Crippen LogP contribution in [0.2, 0.25) is 0 Å². The molecule has 0 spiro atoms. The van der Waals surface area contributed by atoms with Gasteiger partial charge in [0.1, 0.15) is 5.75 Å². The zero-order valence-electron chi connectivity index (χ0n) is 11.2. The molecule has 0 aromatic heterocycles. The molecular weight excluding hydrogens is 357 g/mol. The molecule has 0 saturated carbocycles. The van der Waals surface area contributed by atoms with E-state index in [1.807, 2.05) is 36.4 Å². The first kappa shape index (κ1) is 14.9. The van der Waals surface area contributed by atoms with Crippen molar-refractivity contribution in [3.8, 4) is 16.9 Å². The lowest BCUT2D eigenvalue weighted by molar-refractivity contribution is -0.274. The molecule has 0 bridgehead atoms. The number of ether oxygens (including phenoxy) is 1. The third kappa shape index (κ3) is 3.42. The number of alkyl halides is 3. The minimum atomic E-state index is -4.67. The van der Waals surface area contributed by atoms with Gasteiger partial charge in [-0.05, 0) is 52.2 Å². The van der Waals surface area contributed by atoms with Gasteiger partial charge >= 0.3 is 6.36 Å². The number of fused-ring (bicyclic) bond motifs is 1. The van der Waals surface area contributed by atoms with Gasteiger partial charge in [0.05, 0.1) is 0 Å². The van der Waals surface area contributed by atoms with Crippen LogP contribution in [0.25, 0.3) is 21.9 Å². The van der Waals surface area contributed by atoms with E-state index in [9.17, 15) is 13.2 Å². The van der Waals surface area contributed by atoms with Crippen molar-refractivity contribution in [2.75, 3.05) is 0 Å². The number of benzene rings is 3. The third-order valence-corrected chi connectivity index (χ3v) is 3.72. The zero-order chi connectivity index (χ0) is 15.7. The Morgan fingerprint density at radius 1 is 0.727 bits per heavy atom. The number of halogens is 4. The molecule has 22 heavy (non-hydrogen) atoms. The van der Waals surface area contributed by atoms with Gasteiger partial charge in [-0.25, -0.2) is 0 Å². The molecule has 5 heteroatoms. The van der Waals surface area contributed by atoms with Gasteiger partial charge in [-0.3, -0.25) is 0 Å². The highest BCUT2D eigenvalue weighted by Gasteiger charge is 2.30. The summed E-state index contributed by atoms with van der Waals surface area (Å²) in [6.45, 7) is 0. The van der Waals surface area contributed by atoms with Gasteiger partial charge < -0.3 is 4.74 Å². The van der Waals surface area contributed by atoms with Gasteiger partial charge in [-0.2, -0.15) is 0 Å². The molecular formula is C17H10BrF3O. The second kappa shape index (κ2) is 5.65. The number of hydrogen-bond acceptors (Lipinski definition) is 1. The van der Waals surface area contributed by atoms with E-state index in [2.05, 4.69) is 20.7 Å². The summed E-state index contributed by atoms with van der Waals surface area (Å²) in [7, 11) is 0. The SMILES string of the molecule is FC(F)(F)Oc1ccc(-c2ccc3ccc(Br)cc3c2)cc1. The van der Waals surface area contributed by atoms with Crippen molar-refractivity contribution in [1.29, 1.82) is 0 Å². The molecule has 0 fully saturated rings. The van der Waals surface area contributed by atoms with Gasteiger partial charge in [0.15, 0.2) is 0 Å². The minimum absolute atomic E-state index is 0.222. The highest BCUT2D eigenvalue weighted by Crippen LogP contribution is 2.29. The number of rotatable bonds is 2. The number of hydrogen-bond donors (Lipinski definition) is 0. The third-order valence-electron chi connectivity index (χ3n) is 3.22. The zero-order valence-corrected chi connectivity index (χ0v) is 12.8. The van der Waals surface area contributed by atoms with E-state index in [4.69, 9.17) is 0 Å². The highest BCUT2D eigenvalue weighted by molar-refractivity contribution is 9.10. The first-order valence-electron chi connectivity index (χ1n) is 6.46. The quantitative estimate of drug-likeness (QED) is 0.527. The highest BCUT2D eigenvalue weighted by atomic mass is 79.9. The summed E-state index contributed by atoms with van der Waals surface area (Å²) in [5.74, 6) is -0.222. The second-order valence-electron chi connectivity index (χ2n) is 4.78. The van der Waals surface area contributed by atoms with Gasteiger partial charge in [-0.1, -0.05) is 46.3 Å². The Bertz CT molecular complexity index is 810. The average Bonchev–Trinajstić information content (AvgIpc) is 2.45. The Morgan fingerprint density at radius 3 is 2.05 bits per heavy atom. The predicted molar refractivity (Wildman–Crippen MR) is 83.8 cm³/mol. The summed E-state index contributed by atoms with van der Waals surface area (Å²) in [6, 6.07) is 17.7. The maximum Gasteiger partial charge on any atom is 0.573 e. The Morgan fingerprint density at radius 2 is 1.36 bits per heavy atom. The van der Waals surface area contributed by atoms with Crippen LogP contribution in [-0.4, -0.2) is 6.36 Å². The van der Waals surface area contributed by atoms with E-state index in [0.29, 0.717) is 0 Å². The maximum atomic E-state index is 12.2. The van der Waals surface area contributed by atoms with Crippen LogP contribution >= 0.6 is 15.9 Å². The van der Waals surface area contributed by atoms with Crippen LogP contribution < -0.4 is 4.74 Å². The lowest BCUT2D eigenvalue weighted by Gasteiger charge is -2.10. The van der Waals surface area contributed by atoms with Crippen LogP contribution in [0.5, 0.6) is 5.75 Å². The molecule has 0 atom stereocenters. The van der Waals surface area contributed by atoms with Gasteiger partial charge in [0.25, 0.3) is 0 Å². The van der Waals surface area contributed by atoms with E-state index in [-0.39, 0.29) is 5.75 Å². The summed E-state index contributed by atoms with van der Waals surface area (Å²) in [5, 5.41) is 2.16. The lowest BCUT2D eigenvalue weighted by Crippen LogP contribution is -2.16. The van der Waals surface area contributed by atoms with E-state index in [1.165, 1.54) is 12.1 Å². The first-order valence-corrected chi connectivity index (χ1v) is 7.25. The van der Waals surface area contributed by atoms with Crippen molar-refractivity contribution < 1.29 is 17.9 Å². The van der Waals surface area contributed by atoms with E-state index in [1.54, 1.807) is 12.1 Å². The van der Waals surface area contributed by atoms with Crippen molar-refractivity contribution in [1.82, 2.24) is 0 Å². The van der Waals surface area contributed by atoms with Crippen molar-refractivity contribution in [3.63, 3.8) is 0 Å². The molecule has 3 aromatic carbocycles. The summed E-state index contributed by atoms with van der Waals surface area (Å²) >= 11 is 3.43. The summed E-state index contributed by atoms with van der Waals surface area (Å²) < 4.78 is 41.3. The van der Waals surface area contributed by atoms with E-state index in [0.717, 1.165) is 26.4 Å². The Hall–Kier alpha value is -2.01. The van der Waals surface area contributed by atoms with Crippen molar-refractivity contribution in [2.24, 2.45) is 0 Å². The Balaban J connectivity index is 1.93. The lowest BCUT2D eigenvalue weighted by atomic mass is 10.0. The maximum absolute atomic E-state index is 12.2. The normalized spacial score (nSPS) is 11.6. The van der Waals surface area contributed by atoms with E-state index < -0.39 is 6.36 Å². The molecule has 0 amide bonds. The van der Waals surface area contributed by atoms with Crippen LogP contribution in [0.3, 0.4) is 0 Å². The smallest absolute Gasteiger partial charge is 0.406 e. The average molecular weight is 367 g/mol. The predicted octanol–water partition coefficient (Wildman–Crippen LogP) is 6.17. The van der Waals surface area contributed by atoms with Gasteiger partial charge in [0.2, 0.25) is 0 Å². The van der Waals surface area contributed by atoms with Crippen molar-refractivity contribution in [3.05, 3.63) is 65.1 Å². The van der Waals surface area contributed by atoms with Crippen LogP contribution in [-0.2, 0) is 0 Å². The Labute approximate surface area is 133 Å². The standard InChI is InChI=1S/C17H10BrF3O/c18-15-6-3-12-1-2-13(9-14(12)10-15)11-4-7-16(8-5-11)22-17(19,20)21/h1-10H. The summed E-state index contributed by atoms with van der Waals surface area (Å²) in [4.78, 5) is 0. The van der Waals surface area contributed by atoms with Crippen LogP contribution in [0.1, 0.15) is 0 Å². The van der Waals surface area contributed by atoms with E-state index >= 15 is 0 Å². The van der Waals surface area contributed by atoms with Crippen molar-refractivity contribution in [2.45, 2.75) is 6.36 Å². The minimum Gasteiger partial charge on any atom is -0.406 e. The van der Waals surface area contributed by atoms with Crippen LogP contribution in [0.4, 0.5) is 13.2 Å². The fraction of sp³-hybridized carbons (Fsp3) is 0.0588. The van der Waals surface area contributed by atoms with Gasteiger partial charge in [-0.15, -0.1) is 13.2 Å². The summed E-state index contributed by atoms with van der Waals surface area (Å²) in [5.41, 5.74) is 1.76. The molecule has 3 aromatic rings. The molecule has 0 aliphatic heterocycles. The molecule has 0 N–H and O–H groups in total. The van der Waals surface area contributed by atoms with Crippen molar-refractivity contribution >= 4 is 26.7 Å². The largest absolute Gasteiger partial charge is 0.573 e. The molecule has 0 unspecified atom stereocenters. The fourth-order valence-electron chi connectivity index (χ4n) is 2.25. The molecule has 0 radical (unpaired) electrons. The molecule has 0 aliphatic rings. The molecule has 112 valence electrons. The van der Waals surface area contributed by atoms with Crippen LogP contribution in [0.15, 0.2) is 65.1 Å². The molecule has 0 aliphatic carbocycles. The molecule has 3 rings (SSSR count). The molecule has 0 saturated heterocycles. The molecule has 0 heterocycles. The van der Waals surface area contributed by atoms with Gasteiger partial charge in [0, 0.05) is 4.47 Å². The first-order chi connectivity index (χ1) is 10.4. The second-order valence-corrected chi connectivity index (χ2v) is 5.69. The topological polar surface area (TPSA) is 9.23 Å². The molecule has 1 nitrogen and oxygen atoms in total. The summed E-state index contributed by atoms with van der Waals surface area (Å²) in [6.07, 6.45) is -4.67. The monoisotopic (exact) mass is 366 g/mol. The Kier molecular flexibility index (Phi) is 3.83. The van der Waals surface area contributed by atoms with Crippen LogP contribution in [0, 0.1) is 0 Å².